The van der Waals surface area contributed by atoms with Gasteiger partial charge in [-0.2, -0.15) is 0 Å². The van der Waals surface area contributed by atoms with Gasteiger partial charge >= 0.3 is 0 Å². The average molecular weight is 507 g/mol. The number of hydrogen-bond acceptors (Lipinski definition) is 5. The van der Waals surface area contributed by atoms with Gasteiger partial charge in [-0.1, -0.05) is 28.9 Å². The average Bonchev–Trinajstić information content (AvgIpc) is 3.12. The van der Waals surface area contributed by atoms with Crippen LogP contribution in [0.25, 0.3) is 0 Å². The Hall–Kier alpha value is -2.13. The molecule has 31 heavy (non-hydrogen) atoms. The molecule has 0 spiro atoms. The zero-order valence-electron chi connectivity index (χ0n) is 17.8. The van der Waals surface area contributed by atoms with Crippen LogP contribution in [0.3, 0.4) is 0 Å². The molecule has 0 bridgehead atoms. The number of carbonyl (C=O) groups excluding carboxylic acids is 1. The first-order chi connectivity index (χ1) is 14.8. The molecule has 0 saturated carbocycles. The molecular formula is C22H27BrN4O3S. The van der Waals surface area contributed by atoms with Gasteiger partial charge in [0.25, 0.3) is 5.91 Å². The lowest BCUT2D eigenvalue weighted by molar-refractivity contribution is 0.0747. The minimum absolute atomic E-state index is 0.120. The summed E-state index contributed by atoms with van der Waals surface area (Å²) in [4.78, 5) is 22.0. The van der Waals surface area contributed by atoms with Crippen molar-refractivity contribution in [2.45, 2.75) is 26.7 Å². The summed E-state index contributed by atoms with van der Waals surface area (Å²) in [6.45, 7) is 7.12. The second-order valence-electron chi connectivity index (χ2n) is 8.02. The van der Waals surface area contributed by atoms with Crippen LogP contribution >= 0.6 is 15.9 Å². The number of aryl methyl sites for hydroxylation is 2. The van der Waals surface area contributed by atoms with Crippen molar-refractivity contribution >= 4 is 43.4 Å². The Morgan fingerprint density at radius 3 is 2.48 bits per heavy atom. The maximum absolute atomic E-state index is 13.3. The molecule has 2 fully saturated rings. The third kappa shape index (κ3) is 4.43. The highest BCUT2D eigenvalue weighted by molar-refractivity contribution is 9.10. The Bertz CT molecular complexity index is 1100. The molecular weight excluding hydrogens is 480 g/mol. The van der Waals surface area contributed by atoms with Crippen LogP contribution < -0.4 is 9.21 Å². The molecule has 3 heterocycles. The van der Waals surface area contributed by atoms with E-state index in [1.54, 1.807) is 18.2 Å². The van der Waals surface area contributed by atoms with Crippen molar-refractivity contribution in [2.75, 3.05) is 47.7 Å². The summed E-state index contributed by atoms with van der Waals surface area (Å²) in [5, 5.41) is 0. The third-order valence-corrected chi connectivity index (χ3v) is 8.29. The van der Waals surface area contributed by atoms with E-state index < -0.39 is 10.0 Å². The number of halogens is 1. The molecule has 166 valence electrons. The summed E-state index contributed by atoms with van der Waals surface area (Å²) < 4.78 is 27.1. The van der Waals surface area contributed by atoms with Crippen LogP contribution in [0, 0.1) is 6.92 Å². The van der Waals surface area contributed by atoms with Gasteiger partial charge in [-0.3, -0.25) is 9.10 Å². The van der Waals surface area contributed by atoms with Crippen molar-refractivity contribution in [3.05, 3.63) is 51.6 Å². The number of anilines is 2. The van der Waals surface area contributed by atoms with E-state index in [2.05, 4.69) is 45.7 Å². The standard InChI is InChI=1S/C22H27BrN4O3S/c1-3-17-13-16(2)21(24-15-17)25-8-10-26(11-9-25)22(28)19-6-5-18(23)14-20(19)27-7-4-12-31(27,29)30/h5-6,13-15H,3-4,7-12H2,1-2H3. The predicted molar refractivity (Wildman–Crippen MR) is 126 cm³/mol. The number of amides is 1. The predicted octanol–water partition coefficient (Wildman–Crippen LogP) is 3.22. The summed E-state index contributed by atoms with van der Waals surface area (Å²) >= 11 is 3.42. The molecule has 0 radical (unpaired) electrons. The normalized spacial score (nSPS) is 18.5. The van der Waals surface area contributed by atoms with Gasteiger partial charge in [0.1, 0.15) is 5.82 Å². The van der Waals surface area contributed by atoms with Gasteiger partial charge < -0.3 is 9.80 Å². The molecule has 2 aliphatic rings. The minimum atomic E-state index is -3.37. The quantitative estimate of drug-likeness (QED) is 0.636. The summed E-state index contributed by atoms with van der Waals surface area (Å²) in [6.07, 6.45) is 3.45. The van der Waals surface area contributed by atoms with Gasteiger partial charge in [-0.25, -0.2) is 13.4 Å². The van der Waals surface area contributed by atoms with Gasteiger partial charge in [0.15, 0.2) is 0 Å². The number of sulfonamides is 1. The molecule has 1 amide bonds. The van der Waals surface area contributed by atoms with Crippen molar-refractivity contribution < 1.29 is 13.2 Å². The summed E-state index contributed by atoms with van der Waals surface area (Å²) in [6, 6.07) is 7.41. The molecule has 4 rings (SSSR count). The fourth-order valence-corrected chi connectivity index (χ4v) is 6.17. The van der Waals surface area contributed by atoms with Crippen LogP contribution in [0.5, 0.6) is 0 Å². The van der Waals surface area contributed by atoms with Crippen molar-refractivity contribution in [3.8, 4) is 0 Å². The van der Waals surface area contributed by atoms with E-state index in [9.17, 15) is 13.2 Å². The van der Waals surface area contributed by atoms with E-state index in [1.807, 2.05) is 11.1 Å². The Kier molecular flexibility index (Phi) is 6.25. The van der Waals surface area contributed by atoms with Gasteiger partial charge in [-0.15, -0.1) is 0 Å². The smallest absolute Gasteiger partial charge is 0.256 e. The van der Waals surface area contributed by atoms with Crippen LogP contribution in [0.15, 0.2) is 34.9 Å². The lowest BCUT2D eigenvalue weighted by Crippen LogP contribution is -2.49. The fourth-order valence-electron chi connectivity index (χ4n) is 4.24. The zero-order chi connectivity index (χ0) is 22.2. The number of benzene rings is 1. The third-order valence-electron chi connectivity index (χ3n) is 5.94. The first-order valence-corrected chi connectivity index (χ1v) is 13.0. The lowest BCUT2D eigenvalue weighted by Gasteiger charge is -2.36. The molecule has 1 aromatic carbocycles. The first kappa shape index (κ1) is 22.1. The van der Waals surface area contributed by atoms with Crippen molar-refractivity contribution in [1.29, 1.82) is 0 Å². The first-order valence-electron chi connectivity index (χ1n) is 10.6. The van der Waals surface area contributed by atoms with Gasteiger partial charge in [0, 0.05) is 43.4 Å². The van der Waals surface area contributed by atoms with Crippen molar-refractivity contribution in [2.24, 2.45) is 0 Å². The van der Waals surface area contributed by atoms with Gasteiger partial charge in [0.05, 0.1) is 17.0 Å². The van der Waals surface area contributed by atoms with E-state index in [4.69, 9.17) is 0 Å². The number of aromatic nitrogens is 1. The number of rotatable bonds is 4. The number of nitrogens with zero attached hydrogens (tertiary/aromatic N) is 4. The topological polar surface area (TPSA) is 73.8 Å². The molecule has 7 nitrogen and oxygen atoms in total. The van der Waals surface area contributed by atoms with E-state index in [1.165, 1.54) is 9.87 Å². The Morgan fingerprint density at radius 2 is 1.87 bits per heavy atom. The van der Waals surface area contributed by atoms with Crippen molar-refractivity contribution in [1.82, 2.24) is 9.88 Å². The number of carbonyl (C=O) groups is 1. The summed E-state index contributed by atoms with van der Waals surface area (Å²) in [7, 11) is -3.37. The minimum Gasteiger partial charge on any atom is -0.353 e. The molecule has 0 N–H and O–H groups in total. The molecule has 2 saturated heterocycles. The molecule has 0 aliphatic carbocycles. The van der Waals surface area contributed by atoms with E-state index in [0.29, 0.717) is 50.4 Å². The molecule has 0 atom stereocenters. The Labute approximate surface area is 192 Å². The fraction of sp³-hybridized carbons (Fsp3) is 0.455. The van der Waals surface area contributed by atoms with E-state index in [-0.39, 0.29) is 11.7 Å². The maximum atomic E-state index is 13.3. The van der Waals surface area contributed by atoms with Crippen LogP contribution in [0.1, 0.15) is 34.8 Å². The number of piperazine rings is 1. The maximum Gasteiger partial charge on any atom is 0.256 e. The van der Waals surface area contributed by atoms with Gasteiger partial charge in [0.2, 0.25) is 10.0 Å². The van der Waals surface area contributed by atoms with E-state index in [0.717, 1.165) is 22.3 Å². The highest BCUT2D eigenvalue weighted by atomic mass is 79.9. The second kappa shape index (κ2) is 8.78. The largest absolute Gasteiger partial charge is 0.353 e. The number of hydrogen-bond donors (Lipinski definition) is 0. The summed E-state index contributed by atoms with van der Waals surface area (Å²) in [5.41, 5.74) is 3.26. The summed E-state index contributed by atoms with van der Waals surface area (Å²) in [5.74, 6) is 0.960. The van der Waals surface area contributed by atoms with Crippen LogP contribution in [0.4, 0.5) is 11.5 Å². The number of pyridine rings is 1. The highest BCUT2D eigenvalue weighted by Crippen LogP contribution is 2.32. The van der Waals surface area contributed by atoms with Gasteiger partial charge in [-0.05, 0) is 49.1 Å². The van der Waals surface area contributed by atoms with Crippen molar-refractivity contribution in [3.63, 3.8) is 0 Å². The second-order valence-corrected chi connectivity index (χ2v) is 10.9. The highest BCUT2D eigenvalue weighted by Gasteiger charge is 2.33. The lowest BCUT2D eigenvalue weighted by atomic mass is 10.1. The molecule has 9 heteroatoms. The molecule has 2 aromatic rings. The Balaban J connectivity index is 1.52. The monoisotopic (exact) mass is 506 g/mol. The molecule has 0 unspecified atom stereocenters. The molecule has 2 aliphatic heterocycles. The SMILES string of the molecule is CCc1cnc(N2CCN(C(=O)c3ccc(Br)cc3N3CCCS3(=O)=O)CC2)c(C)c1. The van der Waals surface area contributed by atoms with Crippen LogP contribution in [0.2, 0.25) is 0 Å². The van der Waals surface area contributed by atoms with E-state index >= 15 is 0 Å². The molecule has 1 aromatic heterocycles. The van der Waals surface area contributed by atoms with Crippen LogP contribution in [-0.2, 0) is 16.4 Å². The van der Waals surface area contributed by atoms with Crippen LogP contribution in [-0.4, -0.2) is 62.7 Å². The zero-order valence-corrected chi connectivity index (χ0v) is 20.2. The Morgan fingerprint density at radius 1 is 1.13 bits per heavy atom.